The van der Waals surface area contributed by atoms with Gasteiger partial charge < -0.3 is 15.2 Å². The van der Waals surface area contributed by atoms with Gasteiger partial charge in [0.2, 0.25) is 17.6 Å². The van der Waals surface area contributed by atoms with Gasteiger partial charge in [-0.2, -0.15) is 4.98 Å². The SMILES string of the molecule is NC(=O)NC(=O)CCN1CCN(Cc2nc(-c3ccc(Cl)cc3)no2)CC1. The van der Waals surface area contributed by atoms with Crippen LogP contribution in [-0.2, 0) is 11.3 Å². The molecule has 1 aliphatic heterocycles. The number of nitrogens with zero attached hydrogens (tertiary/aromatic N) is 4. The van der Waals surface area contributed by atoms with E-state index >= 15 is 0 Å². The summed E-state index contributed by atoms with van der Waals surface area (Å²) in [7, 11) is 0. The van der Waals surface area contributed by atoms with Crippen molar-refractivity contribution in [3.63, 3.8) is 0 Å². The summed E-state index contributed by atoms with van der Waals surface area (Å²) in [5, 5.41) is 6.75. The van der Waals surface area contributed by atoms with Gasteiger partial charge in [-0.05, 0) is 24.3 Å². The minimum Gasteiger partial charge on any atom is -0.351 e. The summed E-state index contributed by atoms with van der Waals surface area (Å²) in [5.74, 6) is 0.750. The van der Waals surface area contributed by atoms with Crippen LogP contribution in [0.4, 0.5) is 4.79 Å². The van der Waals surface area contributed by atoms with Crippen LogP contribution in [0.25, 0.3) is 11.4 Å². The van der Waals surface area contributed by atoms with Crippen LogP contribution in [0.5, 0.6) is 0 Å². The molecule has 0 unspecified atom stereocenters. The van der Waals surface area contributed by atoms with Crippen molar-refractivity contribution in [3.05, 3.63) is 35.2 Å². The molecule has 0 aliphatic carbocycles. The van der Waals surface area contributed by atoms with Gasteiger partial charge in [-0.3, -0.25) is 15.0 Å². The van der Waals surface area contributed by atoms with Crippen molar-refractivity contribution in [2.45, 2.75) is 13.0 Å². The third-order valence-corrected chi connectivity index (χ3v) is 4.56. The van der Waals surface area contributed by atoms with Crippen LogP contribution < -0.4 is 11.1 Å². The van der Waals surface area contributed by atoms with E-state index in [4.69, 9.17) is 21.9 Å². The highest BCUT2D eigenvalue weighted by Gasteiger charge is 2.20. The molecule has 1 saturated heterocycles. The number of nitrogens with one attached hydrogen (secondary N) is 1. The molecule has 3 N–H and O–H groups in total. The maximum absolute atomic E-state index is 11.5. The number of piperazine rings is 1. The lowest BCUT2D eigenvalue weighted by atomic mass is 10.2. The molecule has 9 nitrogen and oxygen atoms in total. The van der Waals surface area contributed by atoms with Crippen molar-refractivity contribution >= 4 is 23.5 Å². The Hall–Kier alpha value is -2.49. The quantitative estimate of drug-likeness (QED) is 0.755. The van der Waals surface area contributed by atoms with E-state index in [1.165, 1.54) is 0 Å². The number of rotatable bonds is 6. The number of benzene rings is 1. The summed E-state index contributed by atoms with van der Waals surface area (Å²) in [6.07, 6.45) is 0.247. The molecule has 3 rings (SSSR count). The summed E-state index contributed by atoms with van der Waals surface area (Å²) in [6, 6.07) is 6.46. The molecule has 0 atom stereocenters. The first-order chi connectivity index (χ1) is 13.0. The molecule has 0 saturated carbocycles. The van der Waals surface area contributed by atoms with E-state index in [2.05, 4.69) is 25.3 Å². The van der Waals surface area contributed by atoms with Crippen LogP contribution in [0.1, 0.15) is 12.3 Å². The number of imide groups is 1. The van der Waals surface area contributed by atoms with Crippen LogP contribution in [0.15, 0.2) is 28.8 Å². The van der Waals surface area contributed by atoms with Crippen LogP contribution in [0.2, 0.25) is 5.02 Å². The van der Waals surface area contributed by atoms with Gasteiger partial charge in [0.15, 0.2) is 0 Å². The Labute approximate surface area is 161 Å². The monoisotopic (exact) mass is 392 g/mol. The van der Waals surface area contributed by atoms with Gasteiger partial charge in [-0.15, -0.1) is 0 Å². The number of halogens is 1. The first kappa shape index (κ1) is 19.3. The zero-order chi connectivity index (χ0) is 19.2. The first-order valence-electron chi connectivity index (χ1n) is 8.62. The lowest BCUT2D eigenvalue weighted by Gasteiger charge is -2.33. The van der Waals surface area contributed by atoms with Crippen molar-refractivity contribution in [1.82, 2.24) is 25.3 Å². The Morgan fingerprint density at radius 2 is 1.81 bits per heavy atom. The van der Waals surface area contributed by atoms with Crippen molar-refractivity contribution in [2.24, 2.45) is 5.73 Å². The fraction of sp³-hybridized carbons (Fsp3) is 0.412. The molecular weight excluding hydrogens is 372 g/mol. The zero-order valence-corrected chi connectivity index (χ0v) is 15.5. The van der Waals surface area contributed by atoms with E-state index < -0.39 is 6.03 Å². The molecule has 0 radical (unpaired) electrons. The number of aromatic nitrogens is 2. The van der Waals surface area contributed by atoms with Crippen LogP contribution in [-0.4, -0.2) is 64.6 Å². The van der Waals surface area contributed by atoms with E-state index in [9.17, 15) is 9.59 Å². The van der Waals surface area contributed by atoms with Gasteiger partial charge in [0, 0.05) is 49.7 Å². The fourth-order valence-electron chi connectivity index (χ4n) is 2.86. The molecule has 10 heteroatoms. The van der Waals surface area contributed by atoms with E-state index in [0.29, 0.717) is 29.8 Å². The largest absolute Gasteiger partial charge is 0.351 e. The molecule has 0 bridgehead atoms. The number of carbonyl (C=O) groups excluding carboxylic acids is 2. The number of urea groups is 1. The van der Waals surface area contributed by atoms with Gasteiger partial charge in [-0.25, -0.2) is 4.79 Å². The number of primary amides is 1. The average molecular weight is 393 g/mol. The number of amides is 3. The molecular formula is C17H21ClN6O3. The Bertz CT molecular complexity index is 786. The van der Waals surface area contributed by atoms with Crippen molar-refractivity contribution < 1.29 is 14.1 Å². The van der Waals surface area contributed by atoms with E-state index in [-0.39, 0.29) is 12.3 Å². The molecule has 27 heavy (non-hydrogen) atoms. The van der Waals surface area contributed by atoms with Gasteiger partial charge >= 0.3 is 6.03 Å². The third-order valence-electron chi connectivity index (χ3n) is 4.31. The van der Waals surface area contributed by atoms with E-state index in [1.54, 1.807) is 12.1 Å². The maximum Gasteiger partial charge on any atom is 0.318 e. The molecule has 0 spiro atoms. The summed E-state index contributed by atoms with van der Waals surface area (Å²) < 4.78 is 5.35. The Morgan fingerprint density at radius 1 is 1.15 bits per heavy atom. The molecule has 3 amide bonds. The van der Waals surface area contributed by atoms with Crippen LogP contribution >= 0.6 is 11.6 Å². The van der Waals surface area contributed by atoms with Crippen molar-refractivity contribution in [3.8, 4) is 11.4 Å². The standard InChI is InChI=1S/C17H21ClN6O3/c18-13-3-1-12(2-4-13)16-21-15(27-22-16)11-24-9-7-23(8-10-24)6-5-14(25)20-17(19)26/h1-4H,5-11H2,(H3,19,20,25,26). The predicted octanol–water partition coefficient (Wildman–Crippen LogP) is 1.09. The highest BCUT2D eigenvalue weighted by atomic mass is 35.5. The molecule has 1 fully saturated rings. The fourth-order valence-corrected chi connectivity index (χ4v) is 2.98. The number of hydrogen-bond donors (Lipinski definition) is 2. The second kappa shape index (κ2) is 8.94. The maximum atomic E-state index is 11.5. The number of hydrogen-bond acceptors (Lipinski definition) is 7. The molecule has 2 aromatic rings. The molecule has 1 aromatic heterocycles. The lowest BCUT2D eigenvalue weighted by molar-refractivity contribution is -0.120. The van der Waals surface area contributed by atoms with Crippen LogP contribution in [0, 0.1) is 0 Å². The second-order valence-corrected chi connectivity index (χ2v) is 6.74. The third kappa shape index (κ3) is 5.75. The Kier molecular flexibility index (Phi) is 6.38. The topological polar surface area (TPSA) is 118 Å². The molecule has 1 aliphatic rings. The normalized spacial score (nSPS) is 15.6. The zero-order valence-electron chi connectivity index (χ0n) is 14.7. The Balaban J connectivity index is 1.44. The van der Waals surface area contributed by atoms with Gasteiger partial charge in [0.25, 0.3) is 0 Å². The summed E-state index contributed by atoms with van der Waals surface area (Å²) >= 11 is 5.89. The van der Waals surface area contributed by atoms with Gasteiger partial charge in [0.05, 0.1) is 6.54 Å². The predicted molar refractivity (Wildman–Crippen MR) is 98.8 cm³/mol. The lowest BCUT2D eigenvalue weighted by Crippen LogP contribution is -2.47. The Morgan fingerprint density at radius 3 is 2.48 bits per heavy atom. The number of nitrogens with two attached hydrogens (primary N) is 1. The minimum absolute atomic E-state index is 0.247. The highest BCUT2D eigenvalue weighted by Crippen LogP contribution is 2.19. The smallest absolute Gasteiger partial charge is 0.318 e. The first-order valence-corrected chi connectivity index (χ1v) is 9.00. The highest BCUT2D eigenvalue weighted by molar-refractivity contribution is 6.30. The van der Waals surface area contributed by atoms with E-state index in [0.717, 1.165) is 31.7 Å². The van der Waals surface area contributed by atoms with Gasteiger partial charge in [-0.1, -0.05) is 16.8 Å². The summed E-state index contributed by atoms with van der Waals surface area (Å²) in [4.78, 5) is 30.9. The number of carbonyl (C=O) groups is 2. The average Bonchev–Trinajstić information content (AvgIpc) is 3.10. The van der Waals surface area contributed by atoms with Crippen LogP contribution in [0.3, 0.4) is 0 Å². The molecule has 1 aromatic carbocycles. The minimum atomic E-state index is -0.817. The summed E-state index contributed by atoms with van der Waals surface area (Å²) in [6.45, 7) is 4.47. The summed E-state index contributed by atoms with van der Waals surface area (Å²) in [5.41, 5.74) is 5.78. The van der Waals surface area contributed by atoms with E-state index in [1.807, 2.05) is 12.1 Å². The van der Waals surface area contributed by atoms with Crippen molar-refractivity contribution in [1.29, 1.82) is 0 Å². The molecule has 2 heterocycles. The van der Waals surface area contributed by atoms with Crippen molar-refractivity contribution in [2.75, 3.05) is 32.7 Å². The molecule has 144 valence electrons. The second-order valence-electron chi connectivity index (χ2n) is 6.30. The van der Waals surface area contributed by atoms with Gasteiger partial charge in [0.1, 0.15) is 0 Å².